The van der Waals surface area contributed by atoms with E-state index >= 15 is 0 Å². The van der Waals surface area contributed by atoms with Crippen LogP contribution in [0, 0.1) is 17.7 Å². The molecule has 1 aliphatic rings. The van der Waals surface area contributed by atoms with Crippen molar-refractivity contribution >= 4 is 17.7 Å². The molecule has 1 aromatic rings. The van der Waals surface area contributed by atoms with Gasteiger partial charge in [-0.05, 0) is 24.1 Å². The molecule has 0 saturated heterocycles. The summed E-state index contributed by atoms with van der Waals surface area (Å²) in [6.45, 7) is 0. The summed E-state index contributed by atoms with van der Waals surface area (Å²) in [5, 5.41) is 18.4. The molecule has 1 fully saturated rings. The van der Waals surface area contributed by atoms with E-state index in [4.69, 9.17) is 5.11 Å². The maximum Gasteiger partial charge on any atom is 0.308 e. The van der Waals surface area contributed by atoms with Crippen molar-refractivity contribution in [3.8, 4) is 0 Å². The fourth-order valence-corrected chi connectivity index (χ4v) is 2.72. The normalized spacial score (nSPS) is 26.2. The van der Waals surface area contributed by atoms with Crippen molar-refractivity contribution < 1.29 is 29.0 Å². The van der Waals surface area contributed by atoms with Crippen molar-refractivity contribution in [1.82, 2.24) is 0 Å². The van der Waals surface area contributed by atoms with Crippen molar-refractivity contribution in [1.29, 1.82) is 0 Å². The Morgan fingerprint density at radius 3 is 2.20 bits per heavy atom. The Morgan fingerprint density at radius 1 is 1.10 bits per heavy atom. The third kappa shape index (κ3) is 2.54. The van der Waals surface area contributed by atoms with Crippen LogP contribution in [0.4, 0.5) is 4.39 Å². The molecule has 1 aliphatic carbocycles. The summed E-state index contributed by atoms with van der Waals surface area (Å²) in [4.78, 5) is 34.6. The number of hydrogen-bond acceptors (Lipinski definition) is 3. The van der Waals surface area contributed by atoms with Gasteiger partial charge in [0.1, 0.15) is 11.6 Å². The molecule has 0 aliphatic heterocycles. The standard InChI is InChI=1S/C14H13FO5/c15-8-3-1-7(2-4-8)11-10(16)6-5-9(13(17)18)12(11)14(19)20/h1-4,9,11-12H,5-6H2,(H,17,18)(H,19,20)/t9-,11+,12+/m1/s1. The third-order valence-corrected chi connectivity index (χ3v) is 3.67. The Bertz CT molecular complexity index is 551. The summed E-state index contributed by atoms with van der Waals surface area (Å²) in [5.41, 5.74) is 0.342. The van der Waals surface area contributed by atoms with Crippen LogP contribution in [0.25, 0.3) is 0 Å². The maximum absolute atomic E-state index is 12.9. The lowest BCUT2D eigenvalue weighted by molar-refractivity contribution is -0.158. The molecule has 0 amide bonds. The van der Waals surface area contributed by atoms with Crippen molar-refractivity contribution in [3.63, 3.8) is 0 Å². The molecule has 0 radical (unpaired) electrons. The number of rotatable bonds is 3. The van der Waals surface area contributed by atoms with Gasteiger partial charge in [0.05, 0.1) is 17.8 Å². The highest BCUT2D eigenvalue weighted by Crippen LogP contribution is 2.39. The maximum atomic E-state index is 12.9. The number of benzene rings is 1. The number of hydrogen-bond donors (Lipinski definition) is 2. The zero-order chi connectivity index (χ0) is 14.9. The molecule has 5 nitrogen and oxygen atoms in total. The van der Waals surface area contributed by atoms with Gasteiger partial charge in [0.2, 0.25) is 0 Å². The van der Waals surface area contributed by atoms with E-state index in [1.165, 1.54) is 12.1 Å². The first kappa shape index (κ1) is 14.2. The van der Waals surface area contributed by atoms with Gasteiger partial charge < -0.3 is 10.2 Å². The van der Waals surface area contributed by atoms with Crippen LogP contribution in [0.5, 0.6) is 0 Å². The Balaban J connectivity index is 2.44. The molecular formula is C14H13FO5. The molecule has 0 bridgehead atoms. The average molecular weight is 280 g/mol. The van der Waals surface area contributed by atoms with Crippen LogP contribution in [-0.2, 0) is 14.4 Å². The summed E-state index contributed by atoms with van der Waals surface area (Å²) in [5.74, 6) is -6.83. The molecule has 0 heterocycles. The van der Waals surface area contributed by atoms with Crippen molar-refractivity contribution in [3.05, 3.63) is 35.6 Å². The summed E-state index contributed by atoms with van der Waals surface area (Å²) in [6, 6.07) is 4.92. The molecule has 2 N–H and O–H groups in total. The molecule has 6 heteroatoms. The van der Waals surface area contributed by atoms with E-state index in [2.05, 4.69) is 0 Å². The highest BCUT2D eigenvalue weighted by molar-refractivity contribution is 5.95. The Hall–Kier alpha value is -2.24. The Labute approximate surface area is 114 Å². The lowest BCUT2D eigenvalue weighted by Gasteiger charge is -2.32. The largest absolute Gasteiger partial charge is 0.481 e. The van der Waals surface area contributed by atoms with E-state index in [1.807, 2.05) is 0 Å². The number of carbonyl (C=O) groups excluding carboxylic acids is 1. The van der Waals surface area contributed by atoms with Crippen molar-refractivity contribution in [2.24, 2.45) is 11.8 Å². The van der Waals surface area contributed by atoms with Crippen LogP contribution >= 0.6 is 0 Å². The molecule has 1 aromatic carbocycles. The number of carboxylic acid groups (broad SMARTS) is 2. The number of carboxylic acids is 2. The number of carbonyl (C=O) groups is 3. The highest BCUT2D eigenvalue weighted by atomic mass is 19.1. The second-order valence-corrected chi connectivity index (χ2v) is 4.84. The second-order valence-electron chi connectivity index (χ2n) is 4.84. The third-order valence-electron chi connectivity index (χ3n) is 3.67. The molecule has 3 atom stereocenters. The van der Waals surface area contributed by atoms with Gasteiger partial charge in [0.15, 0.2) is 0 Å². The van der Waals surface area contributed by atoms with Crippen LogP contribution in [0.15, 0.2) is 24.3 Å². The van der Waals surface area contributed by atoms with Crippen LogP contribution in [0.2, 0.25) is 0 Å². The number of aliphatic carboxylic acids is 2. The predicted octanol–water partition coefficient (Wildman–Crippen LogP) is 1.67. The first-order chi connectivity index (χ1) is 9.41. The van der Waals surface area contributed by atoms with Crippen LogP contribution < -0.4 is 0 Å². The molecule has 20 heavy (non-hydrogen) atoms. The van der Waals surface area contributed by atoms with Gasteiger partial charge in [0.25, 0.3) is 0 Å². The zero-order valence-electron chi connectivity index (χ0n) is 10.5. The van der Waals surface area contributed by atoms with E-state index < -0.39 is 35.5 Å². The zero-order valence-corrected chi connectivity index (χ0v) is 10.5. The fraction of sp³-hybridized carbons (Fsp3) is 0.357. The molecule has 0 unspecified atom stereocenters. The van der Waals surface area contributed by atoms with Gasteiger partial charge in [-0.2, -0.15) is 0 Å². The van der Waals surface area contributed by atoms with Crippen molar-refractivity contribution in [2.45, 2.75) is 18.8 Å². The van der Waals surface area contributed by atoms with E-state index in [0.29, 0.717) is 5.56 Å². The second kappa shape index (κ2) is 5.40. The van der Waals surface area contributed by atoms with E-state index in [1.54, 1.807) is 0 Å². The van der Waals surface area contributed by atoms with Crippen LogP contribution in [0.1, 0.15) is 24.3 Å². The predicted molar refractivity (Wildman–Crippen MR) is 65.6 cm³/mol. The monoisotopic (exact) mass is 280 g/mol. The van der Waals surface area contributed by atoms with Gasteiger partial charge in [-0.25, -0.2) is 4.39 Å². The average Bonchev–Trinajstić information content (AvgIpc) is 2.39. The lowest BCUT2D eigenvalue weighted by Crippen LogP contribution is -2.41. The first-order valence-corrected chi connectivity index (χ1v) is 6.15. The lowest BCUT2D eigenvalue weighted by atomic mass is 9.68. The minimum Gasteiger partial charge on any atom is -0.481 e. The van der Waals surface area contributed by atoms with Gasteiger partial charge in [0, 0.05) is 6.42 Å². The number of Topliss-reactive ketones (excluding diaryl/α,β-unsaturated/α-hetero) is 1. The van der Waals surface area contributed by atoms with Crippen LogP contribution in [0.3, 0.4) is 0 Å². The summed E-state index contributed by atoms with van der Waals surface area (Å²) >= 11 is 0. The van der Waals surface area contributed by atoms with Gasteiger partial charge in [-0.15, -0.1) is 0 Å². The molecule has 2 rings (SSSR count). The molecule has 106 valence electrons. The summed E-state index contributed by atoms with van der Waals surface area (Å²) in [6.07, 6.45) is 0.0334. The molecule has 1 saturated carbocycles. The minimum absolute atomic E-state index is 0.0167. The van der Waals surface area contributed by atoms with Gasteiger partial charge in [-0.3, -0.25) is 14.4 Å². The first-order valence-electron chi connectivity index (χ1n) is 6.15. The topological polar surface area (TPSA) is 91.7 Å². The summed E-state index contributed by atoms with van der Waals surface area (Å²) < 4.78 is 12.9. The fourth-order valence-electron chi connectivity index (χ4n) is 2.72. The summed E-state index contributed by atoms with van der Waals surface area (Å²) in [7, 11) is 0. The Kier molecular flexibility index (Phi) is 3.83. The van der Waals surface area contributed by atoms with Crippen LogP contribution in [-0.4, -0.2) is 27.9 Å². The van der Waals surface area contributed by atoms with Gasteiger partial charge in [-0.1, -0.05) is 12.1 Å². The van der Waals surface area contributed by atoms with Gasteiger partial charge >= 0.3 is 11.9 Å². The van der Waals surface area contributed by atoms with E-state index in [0.717, 1.165) is 12.1 Å². The van der Waals surface area contributed by atoms with E-state index in [-0.39, 0.29) is 18.6 Å². The highest BCUT2D eigenvalue weighted by Gasteiger charge is 2.46. The Morgan fingerprint density at radius 2 is 1.70 bits per heavy atom. The number of halogens is 1. The minimum atomic E-state index is -1.32. The van der Waals surface area contributed by atoms with E-state index in [9.17, 15) is 23.9 Å². The molecule has 0 aromatic heterocycles. The smallest absolute Gasteiger partial charge is 0.308 e. The quantitative estimate of drug-likeness (QED) is 0.878. The molecule has 0 spiro atoms. The van der Waals surface area contributed by atoms with Crippen molar-refractivity contribution in [2.75, 3.05) is 0 Å². The SMILES string of the molecule is O=C(O)[C@@H]1[C@@H](c2ccc(F)cc2)C(=O)CC[C@H]1C(=O)O. The molecular weight excluding hydrogens is 267 g/mol. The number of ketones is 1.